The average Bonchev–Trinajstić information content (AvgIpc) is 3.08. The largest absolute Gasteiger partial charge is 0.493 e. The van der Waals surface area contributed by atoms with Crippen LogP contribution in [-0.4, -0.2) is 48.5 Å². The summed E-state index contributed by atoms with van der Waals surface area (Å²) < 4.78 is 29.1. The summed E-state index contributed by atoms with van der Waals surface area (Å²) in [6.07, 6.45) is 7.50. The number of nitrogens with zero attached hydrogens (tertiary/aromatic N) is 3. The molecule has 156 valence electrons. The molecule has 2 unspecified atom stereocenters. The van der Waals surface area contributed by atoms with E-state index >= 15 is 0 Å². The molecule has 1 saturated heterocycles. The van der Waals surface area contributed by atoms with E-state index in [9.17, 15) is 4.39 Å². The zero-order chi connectivity index (χ0) is 19.7. The minimum absolute atomic E-state index is 0. The van der Waals surface area contributed by atoms with Gasteiger partial charge in [-0.2, -0.15) is 0 Å². The first-order chi connectivity index (χ1) is 13.5. The standard InChI is InChI=1S/C20H21BrFN3O3.ClH/c1-26-7-8-28-18-10-15-14(9-17(18)27-2)19(24-12-23-15)25-6-4-13-3-5-20(21,22)11-16(13)25;/h3,5,9-13H,4,6-8H2,1-2H3;1H. The fourth-order valence-corrected chi connectivity index (χ4v) is 4.00. The van der Waals surface area contributed by atoms with Crippen molar-refractivity contribution in [3.8, 4) is 11.5 Å². The normalized spacial score (nSPS) is 22.8. The highest BCUT2D eigenvalue weighted by molar-refractivity contribution is 9.10. The van der Waals surface area contributed by atoms with E-state index < -0.39 is 4.58 Å². The van der Waals surface area contributed by atoms with Gasteiger partial charge >= 0.3 is 0 Å². The number of ether oxygens (including phenoxy) is 3. The fraction of sp³-hybridized carbons (Fsp3) is 0.400. The number of anilines is 1. The molecule has 1 fully saturated rings. The van der Waals surface area contributed by atoms with E-state index in [-0.39, 0.29) is 18.3 Å². The lowest BCUT2D eigenvalue weighted by Gasteiger charge is -2.26. The number of allylic oxidation sites excluding steroid dienone is 3. The van der Waals surface area contributed by atoms with Crippen LogP contribution < -0.4 is 14.4 Å². The summed E-state index contributed by atoms with van der Waals surface area (Å²) in [4.78, 5) is 10.9. The van der Waals surface area contributed by atoms with Gasteiger partial charge in [-0.05, 0) is 40.6 Å². The van der Waals surface area contributed by atoms with E-state index in [1.54, 1.807) is 26.4 Å². The maximum atomic E-state index is 14.5. The van der Waals surface area contributed by atoms with Crippen molar-refractivity contribution in [3.05, 3.63) is 42.4 Å². The molecule has 2 heterocycles. The molecule has 0 spiro atoms. The van der Waals surface area contributed by atoms with Gasteiger partial charge in [0.25, 0.3) is 0 Å². The van der Waals surface area contributed by atoms with Gasteiger partial charge in [-0.15, -0.1) is 12.4 Å². The van der Waals surface area contributed by atoms with E-state index in [0.29, 0.717) is 24.7 Å². The summed E-state index contributed by atoms with van der Waals surface area (Å²) in [6.45, 7) is 1.64. The Morgan fingerprint density at radius 3 is 2.83 bits per heavy atom. The lowest BCUT2D eigenvalue weighted by atomic mass is 9.98. The van der Waals surface area contributed by atoms with Crippen molar-refractivity contribution in [1.82, 2.24) is 9.97 Å². The zero-order valence-corrected chi connectivity index (χ0v) is 18.5. The van der Waals surface area contributed by atoms with Gasteiger partial charge in [-0.25, -0.2) is 14.4 Å². The average molecular weight is 487 g/mol. The molecular weight excluding hydrogens is 465 g/mol. The second-order valence-electron chi connectivity index (χ2n) is 6.71. The number of fused-ring (bicyclic) bond motifs is 2. The Morgan fingerprint density at radius 1 is 1.24 bits per heavy atom. The van der Waals surface area contributed by atoms with Crippen molar-refractivity contribution in [2.75, 3.05) is 38.9 Å². The lowest BCUT2D eigenvalue weighted by molar-refractivity contribution is 0.144. The maximum Gasteiger partial charge on any atom is 0.203 e. The summed E-state index contributed by atoms with van der Waals surface area (Å²) in [7, 11) is 3.22. The van der Waals surface area contributed by atoms with Crippen LogP contribution in [0.25, 0.3) is 10.9 Å². The van der Waals surface area contributed by atoms with Crippen molar-refractivity contribution in [3.63, 3.8) is 0 Å². The van der Waals surface area contributed by atoms with E-state index in [1.807, 2.05) is 18.2 Å². The molecule has 9 heteroatoms. The predicted molar refractivity (Wildman–Crippen MR) is 116 cm³/mol. The molecule has 2 atom stereocenters. The molecule has 2 aliphatic rings. The molecule has 1 aromatic heterocycles. The van der Waals surface area contributed by atoms with Gasteiger partial charge in [0.1, 0.15) is 18.8 Å². The van der Waals surface area contributed by atoms with Crippen LogP contribution in [0.2, 0.25) is 0 Å². The summed E-state index contributed by atoms with van der Waals surface area (Å²) >= 11 is 3.10. The number of halogens is 3. The van der Waals surface area contributed by atoms with E-state index in [4.69, 9.17) is 14.2 Å². The first-order valence-corrected chi connectivity index (χ1v) is 9.83. The highest BCUT2D eigenvalue weighted by atomic mass is 79.9. The molecule has 0 saturated carbocycles. The van der Waals surface area contributed by atoms with Crippen LogP contribution in [0.1, 0.15) is 6.42 Å². The fourth-order valence-electron chi connectivity index (χ4n) is 3.62. The topological polar surface area (TPSA) is 56.7 Å². The Hall–Kier alpha value is -1.90. The summed E-state index contributed by atoms with van der Waals surface area (Å²) in [5.41, 5.74) is 1.64. The first kappa shape index (κ1) is 21.8. The monoisotopic (exact) mass is 485 g/mol. The second-order valence-corrected chi connectivity index (χ2v) is 7.92. The van der Waals surface area contributed by atoms with Crippen molar-refractivity contribution in [2.24, 2.45) is 5.92 Å². The summed E-state index contributed by atoms with van der Waals surface area (Å²) in [5, 5.41) is 0.827. The van der Waals surface area contributed by atoms with Gasteiger partial charge < -0.3 is 19.1 Å². The Morgan fingerprint density at radius 2 is 2.07 bits per heavy atom. The third kappa shape index (κ3) is 4.34. The van der Waals surface area contributed by atoms with Gasteiger partial charge in [-0.1, -0.05) is 6.08 Å². The SMILES string of the molecule is COCCOc1cc2ncnc(N3CCC4C=CC(F)(Br)C=C43)c2cc1OC.Cl. The van der Waals surface area contributed by atoms with Gasteiger partial charge in [-0.3, -0.25) is 0 Å². The van der Waals surface area contributed by atoms with E-state index in [0.717, 1.165) is 35.4 Å². The van der Waals surface area contributed by atoms with Crippen LogP contribution in [0.3, 0.4) is 0 Å². The van der Waals surface area contributed by atoms with Crippen LogP contribution in [0.4, 0.5) is 10.2 Å². The molecule has 0 bridgehead atoms. The van der Waals surface area contributed by atoms with Crippen molar-refractivity contribution >= 4 is 45.1 Å². The molecule has 1 aromatic carbocycles. The Balaban J connectivity index is 0.00000240. The third-order valence-corrected chi connectivity index (χ3v) is 5.44. The third-order valence-electron chi connectivity index (χ3n) is 4.95. The minimum atomic E-state index is -1.63. The van der Waals surface area contributed by atoms with Crippen LogP contribution in [0.5, 0.6) is 11.5 Å². The molecule has 0 radical (unpaired) electrons. The molecule has 29 heavy (non-hydrogen) atoms. The van der Waals surface area contributed by atoms with Crippen LogP contribution in [-0.2, 0) is 4.74 Å². The Labute approximate surface area is 183 Å². The highest BCUT2D eigenvalue weighted by Gasteiger charge is 2.36. The van der Waals surface area contributed by atoms with E-state index in [2.05, 4.69) is 30.8 Å². The summed E-state index contributed by atoms with van der Waals surface area (Å²) in [6, 6.07) is 3.71. The van der Waals surface area contributed by atoms with Crippen molar-refractivity contribution < 1.29 is 18.6 Å². The van der Waals surface area contributed by atoms with Crippen molar-refractivity contribution in [2.45, 2.75) is 11.0 Å². The van der Waals surface area contributed by atoms with Gasteiger partial charge in [0, 0.05) is 36.7 Å². The number of methoxy groups -OCH3 is 2. The predicted octanol–water partition coefficient (Wildman–Crippen LogP) is 4.43. The minimum Gasteiger partial charge on any atom is -0.493 e. The molecule has 6 nitrogen and oxygen atoms in total. The number of rotatable bonds is 6. The van der Waals surface area contributed by atoms with Gasteiger partial charge in [0.15, 0.2) is 11.5 Å². The number of hydrogen-bond donors (Lipinski definition) is 0. The number of benzene rings is 1. The lowest BCUT2D eigenvalue weighted by Crippen LogP contribution is -2.24. The maximum absolute atomic E-state index is 14.5. The number of alkyl halides is 2. The molecule has 1 aliphatic carbocycles. The van der Waals surface area contributed by atoms with Crippen LogP contribution >= 0.6 is 28.3 Å². The molecule has 4 rings (SSSR count). The van der Waals surface area contributed by atoms with Crippen molar-refractivity contribution in [1.29, 1.82) is 0 Å². The molecule has 0 amide bonds. The molecular formula is C20H22BrClFN3O3. The first-order valence-electron chi connectivity index (χ1n) is 9.04. The summed E-state index contributed by atoms with van der Waals surface area (Å²) in [5.74, 6) is 2.11. The zero-order valence-electron chi connectivity index (χ0n) is 16.1. The van der Waals surface area contributed by atoms with Gasteiger partial charge in [0.05, 0.1) is 19.2 Å². The quantitative estimate of drug-likeness (QED) is 0.342. The molecule has 2 aromatic rings. The second kappa shape index (κ2) is 8.85. The number of hydrogen-bond acceptors (Lipinski definition) is 6. The van der Waals surface area contributed by atoms with E-state index in [1.165, 1.54) is 6.33 Å². The Bertz CT molecular complexity index is 954. The number of aromatic nitrogens is 2. The highest BCUT2D eigenvalue weighted by Crippen LogP contribution is 2.43. The van der Waals surface area contributed by atoms with Gasteiger partial charge in [0.2, 0.25) is 4.58 Å². The Kier molecular flexibility index (Phi) is 6.65. The molecule has 1 aliphatic heterocycles. The van der Waals surface area contributed by atoms with Crippen LogP contribution in [0.15, 0.2) is 42.4 Å². The smallest absolute Gasteiger partial charge is 0.203 e. The molecule has 0 N–H and O–H groups in total. The van der Waals surface area contributed by atoms with Crippen LogP contribution in [0, 0.1) is 5.92 Å².